The fraction of sp³-hybridized carbons (Fsp3) is 0.157. The lowest BCUT2D eigenvalue weighted by molar-refractivity contribution is 0.661. The Hall–Kier alpha value is -6.39. The molecule has 4 heteroatoms. The van der Waals surface area contributed by atoms with Gasteiger partial charge >= 0.3 is 0 Å². The fourth-order valence-electron chi connectivity index (χ4n) is 9.16. The lowest BCUT2D eigenvalue weighted by Crippen LogP contribution is -2.13. The third-order valence-electron chi connectivity index (χ3n) is 12.0. The number of aromatic nitrogens is 3. The third-order valence-corrected chi connectivity index (χ3v) is 12.0. The van der Waals surface area contributed by atoms with Gasteiger partial charge in [0.1, 0.15) is 11.2 Å². The molecule has 4 unspecified atom stereocenters. The van der Waals surface area contributed by atoms with E-state index in [1.54, 1.807) is 0 Å². The van der Waals surface area contributed by atoms with Crippen LogP contribution in [-0.4, -0.2) is 15.0 Å². The first-order valence-corrected chi connectivity index (χ1v) is 19.6. The number of rotatable bonds is 4. The van der Waals surface area contributed by atoms with E-state index in [4.69, 9.17) is 19.4 Å². The number of hydrogen-bond acceptors (Lipinski definition) is 4. The summed E-state index contributed by atoms with van der Waals surface area (Å²) in [7, 11) is 0. The minimum Gasteiger partial charge on any atom is -0.455 e. The summed E-state index contributed by atoms with van der Waals surface area (Å²) in [6.07, 6.45) is 25.1. The molecule has 11 rings (SSSR count). The van der Waals surface area contributed by atoms with Gasteiger partial charge in [0, 0.05) is 39.7 Å². The SMILES string of the molecule is CC1C=CC(c2nc(C3=CC4C=CC=CC4C=C3)nc(-c3c(C4CCc5cc6ccccc6cc5-c5ccccc54)ccc4c3oc3ccccc34)n2)=CC1. The molecule has 7 aromatic rings. The molecule has 5 aromatic carbocycles. The number of furan rings is 1. The highest BCUT2D eigenvalue weighted by atomic mass is 16.3. The number of nitrogens with zero attached hydrogens (tertiary/aromatic N) is 3. The number of fused-ring (bicyclic) bond motifs is 8. The van der Waals surface area contributed by atoms with Gasteiger partial charge in [-0.15, -0.1) is 0 Å². The predicted octanol–water partition coefficient (Wildman–Crippen LogP) is 12.6. The maximum Gasteiger partial charge on any atom is 0.168 e. The van der Waals surface area contributed by atoms with Crippen molar-refractivity contribution in [2.45, 2.75) is 32.1 Å². The molecule has 0 radical (unpaired) electrons. The normalized spacial score (nSPS) is 21.3. The van der Waals surface area contributed by atoms with Crippen LogP contribution in [0.25, 0.3) is 66.4 Å². The highest BCUT2D eigenvalue weighted by molar-refractivity contribution is 6.10. The van der Waals surface area contributed by atoms with Gasteiger partial charge in [-0.1, -0.05) is 153 Å². The standard InChI is InChI=1S/C51H39N3O/c1-31-18-20-33(21-19-31)49-52-50(38-23-22-32-10-2-3-11-34(32)29-38)54-51(53-49)47-43(26-27-44-42-16-8-9-17-46(42)55-48(44)47)41-25-24-37-28-35-12-4-5-13-36(35)30-45(37)40-15-7-6-14-39(40)41/h2-18,20-23,26-32,34,41H,19,24-25H2,1H3. The molecule has 2 heterocycles. The van der Waals surface area contributed by atoms with E-state index >= 15 is 0 Å². The first kappa shape index (κ1) is 32.1. The highest BCUT2D eigenvalue weighted by Crippen LogP contribution is 2.47. The van der Waals surface area contributed by atoms with Gasteiger partial charge in [0.15, 0.2) is 17.5 Å². The molecule has 4 atom stereocenters. The van der Waals surface area contributed by atoms with Gasteiger partial charge in [0.05, 0.1) is 5.56 Å². The molecule has 0 fully saturated rings. The molecular weight excluding hydrogens is 671 g/mol. The van der Waals surface area contributed by atoms with E-state index in [0.717, 1.165) is 57.9 Å². The number of aryl methyl sites for hydroxylation is 1. The minimum absolute atomic E-state index is 0.0753. The molecule has 55 heavy (non-hydrogen) atoms. The first-order valence-electron chi connectivity index (χ1n) is 19.6. The fourth-order valence-corrected chi connectivity index (χ4v) is 9.16. The van der Waals surface area contributed by atoms with E-state index in [9.17, 15) is 0 Å². The summed E-state index contributed by atoms with van der Waals surface area (Å²) in [5.74, 6) is 3.18. The van der Waals surface area contributed by atoms with Crippen LogP contribution < -0.4 is 0 Å². The second-order valence-corrected chi connectivity index (χ2v) is 15.5. The van der Waals surface area contributed by atoms with E-state index in [0.29, 0.717) is 29.3 Å². The molecule has 264 valence electrons. The van der Waals surface area contributed by atoms with E-state index < -0.39 is 0 Å². The molecule has 0 spiro atoms. The minimum atomic E-state index is 0.0753. The van der Waals surface area contributed by atoms with Crippen molar-refractivity contribution in [2.24, 2.45) is 17.8 Å². The highest BCUT2D eigenvalue weighted by Gasteiger charge is 2.30. The predicted molar refractivity (Wildman–Crippen MR) is 225 cm³/mol. The van der Waals surface area contributed by atoms with Gasteiger partial charge < -0.3 is 4.42 Å². The zero-order valence-electron chi connectivity index (χ0n) is 30.7. The lowest BCUT2D eigenvalue weighted by atomic mass is 9.82. The van der Waals surface area contributed by atoms with Crippen LogP contribution in [0, 0.1) is 17.8 Å². The maximum absolute atomic E-state index is 6.88. The molecule has 0 bridgehead atoms. The van der Waals surface area contributed by atoms with Crippen LogP contribution >= 0.6 is 0 Å². The van der Waals surface area contributed by atoms with Gasteiger partial charge in [0.25, 0.3) is 0 Å². The van der Waals surface area contributed by atoms with Gasteiger partial charge in [-0.25, -0.2) is 15.0 Å². The Bertz CT molecular complexity index is 2900. The Kier molecular flexibility index (Phi) is 7.51. The van der Waals surface area contributed by atoms with Crippen LogP contribution in [0.4, 0.5) is 0 Å². The van der Waals surface area contributed by atoms with E-state index in [1.165, 1.54) is 38.6 Å². The van der Waals surface area contributed by atoms with Crippen molar-refractivity contribution in [1.82, 2.24) is 15.0 Å². The summed E-state index contributed by atoms with van der Waals surface area (Å²) < 4.78 is 6.88. The molecule has 0 N–H and O–H groups in total. The topological polar surface area (TPSA) is 51.8 Å². The Balaban J connectivity index is 1.16. The van der Waals surface area contributed by atoms with Crippen molar-refractivity contribution in [2.75, 3.05) is 0 Å². The average Bonchev–Trinajstić information content (AvgIpc) is 3.54. The van der Waals surface area contributed by atoms with Crippen LogP contribution in [0.1, 0.15) is 54.0 Å². The Morgan fingerprint density at radius 2 is 1.36 bits per heavy atom. The van der Waals surface area contributed by atoms with Gasteiger partial charge in [0.2, 0.25) is 0 Å². The van der Waals surface area contributed by atoms with Crippen molar-refractivity contribution in [3.05, 3.63) is 186 Å². The van der Waals surface area contributed by atoms with E-state index in [2.05, 4.69) is 159 Å². The second-order valence-electron chi connectivity index (χ2n) is 15.5. The first-order chi connectivity index (χ1) is 27.1. The summed E-state index contributed by atoms with van der Waals surface area (Å²) in [6.45, 7) is 2.24. The van der Waals surface area contributed by atoms with E-state index in [-0.39, 0.29) is 11.8 Å². The van der Waals surface area contributed by atoms with Gasteiger partial charge in [-0.3, -0.25) is 0 Å². The zero-order valence-corrected chi connectivity index (χ0v) is 30.7. The molecule has 4 aliphatic rings. The average molecular weight is 710 g/mol. The van der Waals surface area contributed by atoms with Crippen molar-refractivity contribution in [3.8, 4) is 22.5 Å². The number of hydrogen-bond donors (Lipinski definition) is 0. The molecule has 4 nitrogen and oxygen atoms in total. The van der Waals surface area contributed by atoms with Crippen molar-refractivity contribution in [3.63, 3.8) is 0 Å². The lowest BCUT2D eigenvalue weighted by Gasteiger charge is -2.23. The summed E-state index contributed by atoms with van der Waals surface area (Å²) in [5, 5.41) is 4.71. The van der Waals surface area contributed by atoms with Crippen molar-refractivity contribution < 1.29 is 4.42 Å². The summed E-state index contributed by atoms with van der Waals surface area (Å²) in [4.78, 5) is 16.0. The third kappa shape index (κ3) is 5.47. The number of para-hydroxylation sites is 1. The number of allylic oxidation sites excluding steroid dienone is 12. The van der Waals surface area contributed by atoms with Crippen LogP contribution in [0.2, 0.25) is 0 Å². The smallest absolute Gasteiger partial charge is 0.168 e. The van der Waals surface area contributed by atoms with Crippen LogP contribution in [0.3, 0.4) is 0 Å². The van der Waals surface area contributed by atoms with Crippen molar-refractivity contribution in [1.29, 1.82) is 0 Å². The van der Waals surface area contributed by atoms with Crippen molar-refractivity contribution >= 4 is 43.9 Å². The Morgan fingerprint density at radius 1 is 0.618 bits per heavy atom. The van der Waals surface area contributed by atoms with Crippen LogP contribution in [0.5, 0.6) is 0 Å². The summed E-state index contributed by atoms with van der Waals surface area (Å²) in [5.41, 5.74) is 11.2. The van der Waals surface area contributed by atoms with E-state index in [1.807, 2.05) is 6.07 Å². The summed E-state index contributed by atoms with van der Waals surface area (Å²) in [6, 6.07) is 35.4. The van der Waals surface area contributed by atoms with Gasteiger partial charge in [-0.05, 0) is 75.9 Å². The van der Waals surface area contributed by atoms with Gasteiger partial charge in [-0.2, -0.15) is 0 Å². The monoisotopic (exact) mass is 709 g/mol. The Labute approximate surface area is 320 Å². The van der Waals surface area contributed by atoms with Crippen LogP contribution in [0.15, 0.2) is 162 Å². The molecule has 0 aliphatic heterocycles. The molecular formula is C51H39N3O. The summed E-state index contributed by atoms with van der Waals surface area (Å²) >= 11 is 0. The molecule has 4 aliphatic carbocycles. The second kappa shape index (κ2) is 12.9. The largest absolute Gasteiger partial charge is 0.455 e. The maximum atomic E-state index is 6.88. The molecule has 0 amide bonds. The molecule has 2 aromatic heterocycles. The molecule has 0 saturated carbocycles. The zero-order chi connectivity index (χ0) is 36.5. The number of benzene rings is 5. The molecule has 0 saturated heterocycles. The Morgan fingerprint density at radius 3 is 2.24 bits per heavy atom. The van der Waals surface area contributed by atoms with Crippen LogP contribution in [-0.2, 0) is 6.42 Å². The quantitative estimate of drug-likeness (QED) is 0.183.